The van der Waals surface area contributed by atoms with E-state index in [9.17, 15) is 4.79 Å². The minimum atomic E-state index is -0.198. The number of carbonyl (C=O) groups excluding carboxylic acids is 1. The van der Waals surface area contributed by atoms with Crippen molar-refractivity contribution in [3.05, 3.63) is 112 Å². The molecule has 6 heteroatoms. The second kappa shape index (κ2) is 7.78. The summed E-state index contributed by atoms with van der Waals surface area (Å²) in [5.41, 5.74) is 5.70. The zero-order valence-electron chi connectivity index (χ0n) is 18.1. The van der Waals surface area contributed by atoms with Crippen LogP contribution in [0.1, 0.15) is 47.3 Å². The molecular weight excluding hydrogens is 434 g/mol. The topological polar surface area (TPSA) is 60.1 Å². The van der Waals surface area contributed by atoms with E-state index in [0.29, 0.717) is 17.9 Å². The van der Waals surface area contributed by atoms with E-state index in [2.05, 4.69) is 5.32 Å². The minimum Gasteiger partial charge on any atom is -0.469 e. The van der Waals surface area contributed by atoms with E-state index in [4.69, 9.17) is 21.1 Å². The lowest BCUT2D eigenvalue weighted by molar-refractivity contribution is -0.116. The maximum atomic E-state index is 13.6. The molecule has 1 N–H and O–H groups in total. The Hall–Kier alpha value is -3.57. The normalized spacial score (nSPS) is 19.8. The van der Waals surface area contributed by atoms with Gasteiger partial charge >= 0.3 is 0 Å². The molecule has 2 atom stereocenters. The molecule has 0 bridgehead atoms. The van der Waals surface area contributed by atoms with Gasteiger partial charge in [-0.05, 0) is 55.3 Å². The number of halogens is 1. The Kier molecular flexibility index (Phi) is 4.73. The third-order valence-corrected chi connectivity index (χ3v) is 6.86. The molecule has 0 saturated heterocycles. The molecule has 2 aromatic heterocycles. The summed E-state index contributed by atoms with van der Waals surface area (Å²) in [6.07, 6.45) is 2.80. The Bertz CT molecular complexity index is 1370. The molecule has 0 saturated carbocycles. The first-order chi connectivity index (χ1) is 16.1. The molecular formula is C27H22ClN3O2. The number of aryl methyl sites for hydroxylation is 1. The maximum absolute atomic E-state index is 13.6. The number of ketones is 1. The number of hydrogen-bond acceptors (Lipinski definition) is 4. The van der Waals surface area contributed by atoms with Crippen LogP contribution in [0.5, 0.6) is 0 Å². The molecule has 6 rings (SSSR count). The van der Waals surface area contributed by atoms with Gasteiger partial charge in [-0.15, -0.1) is 0 Å². The zero-order valence-corrected chi connectivity index (χ0v) is 18.8. The molecule has 0 fully saturated rings. The van der Waals surface area contributed by atoms with Crippen molar-refractivity contribution < 1.29 is 9.21 Å². The van der Waals surface area contributed by atoms with Gasteiger partial charge in [0.1, 0.15) is 11.6 Å². The third kappa shape index (κ3) is 3.31. The van der Waals surface area contributed by atoms with Crippen molar-refractivity contribution in [1.29, 1.82) is 0 Å². The van der Waals surface area contributed by atoms with E-state index in [0.717, 1.165) is 45.4 Å². The number of furan rings is 1. The summed E-state index contributed by atoms with van der Waals surface area (Å²) in [4.78, 5) is 13.6. The molecule has 4 aromatic rings. The van der Waals surface area contributed by atoms with Crippen molar-refractivity contribution in [2.45, 2.75) is 31.6 Å². The largest absolute Gasteiger partial charge is 0.469 e. The molecule has 0 spiro atoms. The number of nitrogens with one attached hydrogen (secondary N) is 1. The molecule has 0 unspecified atom stereocenters. The second-order valence-electron chi connectivity index (χ2n) is 8.64. The average Bonchev–Trinajstić information content (AvgIpc) is 3.48. The Balaban J connectivity index is 1.54. The van der Waals surface area contributed by atoms with Gasteiger partial charge in [0.05, 0.1) is 17.6 Å². The van der Waals surface area contributed by atoms with Gasteiger partial charge in [-0.1, -0.05) is 41.9 Å². The van der Waals surface area contributed by atoms with Crippen LogP contribution in [-0.4, -0.2) is 15.6 Å². The van der Waals surface area contributed by atoms with Gasteiger partial charge < -0.3 is 9.73 Å². The minimum absolute atomic E-state index is 0.0142. The van der Waals surface area contributed by atoms with Crippen LogP contribution < -0.4 is 5.32 Å². The lowest BCUT2D eigenvalue weighted by Gasteiger charge is -2.35. The van der Waals surface area contributed by atoms with Crippen molar-refractivity contribution >= 4 is 23.2 Å². The van der Waals surface area contributed by atoms with Gasteiger partial charge in [0.2, 0.25) is 0 Å². The first-order valence-corrected chi connectivity index (χ1v) is 11.4. The lowest BCUT2D eigenvalue weighted by atomic mass is 9.73. The molecule has 1 aliphatic heterocycles. The molecule has 0 radical (unpaired) electrons. The number of aromatic nitrogens is 2. The first-order valence-electron chi connectivity index (χ1n) is 11.1. The second-order valence-corrected chi connectivity index (χ2v) is 9.08. The van der Waals surface area contributed by atoms with Crippen LogP contribution in [0.25, 0.3) is 5.69 Å². The quantitative estimate of drug-likeness (QED) is 0.389. The molecule has 33 heavy (non-hydrogen) atoms. The van der Waals surface area contributed by atoms with Gasteiger partial charge in [0, 0.05) is 40.1 Å². The van der Waals surface area contributed by atoms with E-state index >= 15 is 0 Å². The van der Waals surface area contributed by atoms with E-state index in [1.54, 1.807) is 6.26 Å². The molecule has 0 amide bonds. The number of allylic oxidation sites excluding steroid dienone is 2. The number of nitrogens with zero attached hydrogens (tertiary/aromatic N) is 2. The monoisotopic (exact) mass is 455 g/mol. The van der Waals surface area contributed by atoms with Crippen molar-refractivity contribution in [3.63, 3.8) is 0 Å². The summed E-state index contributed by atoms with van der Waals surface area (Å²) in [7, 11) is 0. The van der Waals surface area contributed by atoms with Crippen LogP contribution in [0.3, 0.4) is 0 Å². The predicted molar refractivity (Wildman–Crippen MR) is 128 cm³/mol. The van der Waals surface area contributed by atoms with Crippen LogP contribution in [0, 0.1) is 6.92 Å². The fourth-order valence-electron chi connectivity index (χ4n) is 5.15. The molecule has 5 nitrogen and oxygen atoms in total. The number of anilines is 1. The van der Waals surface area contributed by atoms with Crippen molar-refractivity contribution in [3.8, 4) is 5.69 Å². The summed E-state index contributed by atoms with van der Waals surface area (Å²) in [5.74, 6) is 1.71. The number of hydrogen-bond donors (Lipinski definition) is 1. The van der Waals surface area contributed by atoms with Crippen molar-refractivity contribution in [1.82, 2.24) is 9.78 Å². The summed E-state index contributed by atoms with van der Waals surface area (Å²) >= 11 is 6.19. The lowest BCUT2D eigenvalue weighted by Crippen LogP contribution is -2.30. The summed E-state index contributed by atoms with van der Waals surface area (Å²) in [6, 6.07) is 21.7. The van der Waals surface area contributed by atoms with Crippen LogP contribution in [0.15, 0.2) is 88.7 Å². The third-order valence-electron chi connectivity index (χ3n) is 6.61. The van der Waals surface area contributed by atoms with Crippen LogP contribution in [-0.2, 0) is 4.79 Å². The molecule has 2 aliphatic rings. The standard InChI is InChI=1S/C27H22ClN3O2/c1-16-24-25(17-9-11-19(28)12-10-17)26-21(14-18(15-22(26)32)23-8-5-13-33-23)29-27(24)31(30-16)20-6-3-2-4-7-20/h2-13,18,25,29H,14-15H2,1H3/t18-,25+/m0/s1. The number of carbonyl (C=O) groups is 1. The number of fused-ring (bicyclic) bond motifs is 1. The average molecular weight is 456 g/mol. The molecule has 2 aromatic carbocycles. The highest BCUT2D eigenvalue weighted by molar-refractivity contribution is 6.30. The number of para-hydroxylation sites is 1. The fraction of sp³-hybridized carbons (Fsp3) is 0.185. The Labute approximate surface area is 196 Å². The SMILES string of the molecule is Cc1nn(-c2ccccc2)c2c1[C@@H](c1ccc(Cl)cc1)C1=C(C[C@H](c3ccco3)CC1=O)N2. The Morgan fingerprint density at radius 3 is 2.55 bits per heavy atom. The molecule has 164 valence electrons. The van der Waals surface area contributed by atoms with Gasteiger partial charge in [0.15, 0.2) is 5.78 Å². The molecule has 1 aliphatic carbocycles. The van der Waals surface area contributed by atoms with Crippen molar-refractivity contribution in [2.75, 3.05) is 5.32 Å². The van der Waals surface area contributed by atoms with Gasteiger partial charge in [-0.25, -0.2) is 4.68 Å². The highest BCUT2D eigenvalue weighted by atomic mass is 35.5. The predicted octanol–water partition coefficient (Wildman–Crippen LogP) is 6.39. The highest BCUT2D eigenvalue weighted by Crippen LogP contribution is 2.49. The van der Waals surface area contributed by atoms with Gasteiger partial charge in [0.25, 0.3) is 0 Å². The van der Waals surface area contributed by atoms with Crippen LogP contribution in [0.4, 0.5) is 5.82 Å². The van der Waals surface area contributed by atoms with Gasteiger partial charge in [-0.3, -0.25) is 4.79 Å². The Morgan fingerprint density at radius 1 is 1.03 bits per heavy atom. The highest BCUT2D eigenvalue weighted by Gasteiger charge is 2.41. The first kappa shape index (κ1) is 20.1. The van der Waals surface area contributed by atoms with E-state index in [-0.39, 0.29) is 17.6 Å². The number of Topliss-reactive ketones (excluding diaryl/α,β-unsaturated/α-hetero) is 1. The maximum Gasteiger partial charge on any atom is 0.162 e. The fourth-order valence-corrected chi connectivity index (χ4v) is 5.27. The Morgan fingerprint density at radius 2 is 1.82 bits per heavy atom. The summed E-state index contributed by atoms with van der Waals surface area (Å²) in [5, 5.41) is 9.16. The van der Waals surface area contributed by atoms with E-state index in [1.807, 2.05) is 78.3 Å². The van der Waals surface area contributed by atoms with E-state index < -0.39 is 0 Å². The van der Waals surface area contributed by atoms with Crippen LogP contribution >= 0.6 is 11.6 Å². The smallest absolute Gasteiger partial charge is 0.162 e. The number of benzene rings is 2. The molecule has 3 heterocycles. The summed E-state index contributed by atoms with van der Waals surface area (Å²) < 4.78 is 7.60. The number of rotatable bonds is 3. The van der Waals surface area contributed by atoms with E-state index in [1.165, 1.54) is 0 Å². The summed E-state index contributed by atoms with van der Waals surface area (Å²) in [6.45, 7) is 2.01. The van der Waals surface area contributed by atoms with Crippen LogP contribution in [0.2, 0.25) is 5.02 Å². The zero-order chi connectivity index (χ0) is 22.5. The van der Waals surface area contributed by atoms with Crippen molar-refractivity contribution in [2.24, 2.45) is 0 Å². The van der Waals surface area contributed by atoms with Gasteiger partial charge in [-0.2, -0.15) is 5.10 Å².